The Hall–Kier alpha value is -1.02. The normalized spacial score (nSPS) is 13.0. The molecule has 1 aromatic carbocycles. The van der Waals surface area contributed by atoms with Crippen molar-refractivity contribution in [3.8, 4) is 5.75 Å². The lowest BCUT2D eigenvalue weighted by Crippen LogP contribution is -2.11. The van der Waals surface area contributed by atoms with E-state index in [-0.39, 0.29) is 12.1 Å². The molecule has 0 aliphatic carbocycles. The van der Waals surface area contributed by atoms with Gasteiger partial charge in [0.25, 0.3) is 0 Å². The summed E-state index contributed by atoms with van der Waals surface area (Å²) in [5.74, 6) is 0.935. The van der Waals surface area contributed by atoms with Gasteiger partial charge in [0.05, 0.1) is 6.10 Å². The smallest absolute Gasteiger partial charge is 0.120 e. The molecule has 1 atom stereocenters. The molecule has 1 unspecified atom stereocenters. The Morgan fingerprint density at radius 3 is 1.87 bits per heavy atom. The maximum Gasteiger partial charge on any atom is 0.120 e. The summed E-state index contributed by atoms with van der Waals surface area (Å²) >= 11 is 0. The van der Waals surface area contributed by atoms with Crippen LogP contribution in [-0.2, 0) is 0 Å². The van der Waals surface area contributed by atoms with Crippen LogP contribution in [0.1, 0.15) is 43.5 Å². The molecule has 0 bridgehead atoms. The van der Waals surface area contributed by atoms with Crippen LogP contribution < -0.4 is 10.5 Å². The van der Waals surface area contributed by atoms with Gasteiger partial charge in [-0.15, -0.1) is 0 Å². The minimum Gasteiger partial charge on any atom is -0.491 e. The Balaban J connectivity index is 3.08. The zero-order valence-corrected chi connectivity index (χ0v) is 10.3. The molecule has 0 aliphatic rings. The zero-order valence-electron chi connectivity index (χ0n) is 10.3. The SMILES string of the molecule is Cc1cc(OC(C)C)cc(C)c1C(C)N. The van der Waals surface area contributed by atoms with E-state index >= 15 is 0 Å². The van der Waals surface area contributed by atoms with E-state index in [0.29, 0.717) is 0 Å². The Bertz CT molecular complexity index is 319. The predicted molar refractivity (Wildman–Crippen MR) is 64.3 cm³/mol. The summed E-state index contributed by atoms with van der Waals surface area (Å²) in [5, 5.41) is 0. The van der Waals surface area contributed by atoms with Crippen LogP contribution in [0.4, 0.5) is 0 Å². The van der Waals surface area contributed by atoms with Gasteiger partial charge in [0, 0.05) is 6.04 Å². The fourth-order valence-corrected chi connectivity index (χ4v) is 1.99. The first-order valence-electron chi connectivity index (χ1n) is 5.45. The van der Waals surface area contributed by atoms with Crippen molar-refractivity contribution >= 4 is 0 Å². The van der Waals surface area contributed by atoms with Crippen molar-refractivity contribution in [1.29, 1.82) is 0 Å². The van der Waals surface area contributed by atoms with Crippen LogP contribution in [0.15, 0.2) is 12.1 Å². The zero-order chi connectivity index (χ0) is 11.6. The van der Waals surface area contributed by atoms with Crippen LogP contribution in [0.5, 0.6) is 5.75 Å². The van der Waals surface area contributed by atoms with E-state index in [1.54, 1.807) is 0 Å². The molecule has 0 amide bonds. The van der Waals surface area contributed by atoms with Crippen molar-refractivity contribution in [1.82, 2.24) is 0 Å². The van der Waals surface area contributed by atoms with Gasteiger partial charge in [-0.25, -0.2) is 0 Å². The Labute approximate surface area is 92.4 Å². The van der Waals surface area contributed by atoms with E-state index in [1.165, 1.54) is 16.7 Å². The van der Waals surface area contributed by atoms with E-state index in [9.17, 15) is 0 Å². The van der Waals surface area contributed by atoms with Crippen molar-refractivity contribution < 1.29 is 4.74 Å². The largest absolute Gasteiger partial charge is 0.491 e. The summed E-state index contributed by atoms with van der Waals surface area (Å²) < 4.78 is 5.67. The number of hydrogen-bond donors (Lipinski definition) is 1. The van der Waals surface area contributed by atoms with Gasteiger partial charge < -0.3 is 10.5 Å². The molecule has 0 saturated heterocycles. The molecule has 0 radical (unpaired) electrons. The number of aryl methyl sites for hydroxylation is 2. The van der Waals surface area contributed by atoms with Gasteiger partial charge in [-0.05, 0) is 63.4 Å². The van der Waals surface area contributed by atoms with Crippen LogP contribution in [0.2, 0.25) is 0 Å². The molecular formula is C13H21NO. The first kappa shape index (κ1) is 12.1. The van der Waals surface area contributed by atoms with E-state index in [1.807, 2.05) is 20.8 Å². The van der Waals surface area contributed by atoms with Gasteiger partial charge in [0.1, 0.15) is 5.75 Å². The van der Waals surface area contributed by atoms with Crippen molar-refractivity contribution in [2.75, 3.05) is 0 Å². The summed E-state index contributed by atoms with van der Waals surface area (Å²) in [6.45, 7) is 10.2. The first-order chi connectivity index (χ1) is 6.91. The molecule has 1 aromatic rings. The Kier molecular flexibility index (Phi) is 3.75. The van der Waals surface area contributed by atoms with Crippen LogP contribution in [0.3, 0.4) is 0 Å². The maximum atomic E-state index is 5.93. The molecule has 0 saturated carbocycles. The summed E-state index contributed by atoms with van der Waals surface area (Å²) in [7, 11) is 0. The highest BCUT2D eigenvalue weighted by molar-refractivity contribution is 5.42. The average molecular weight is 207 g/mol. The molecule has 2 nitrogen and oxygen atoms in total. The lowest BCUT2D eigenvalue weighted by molar-refractivity contribution is 0.242. The van der Waals surface area contributed by atoms with Crippen LogP contribution in [0.25, 0.3) is 0 Å². The third kappa shape index (κ3) is 2.96. The van der Waals surface area contributed by atoms with E-state index in [2.05, 4.69) is 26.0 Å². The first-order valence-corrected chi connectivity index (χ1v) is 5.45. The van der Waals surface area contributed by atoms with Crippen LogP contribution in [0, 0.1) is 13.8 Å². The average Bonchev–Trinajstić information content (AvgIpc) is 1.99. The standard InChI is InChI=1S/C13H21NO/c1-8(2)15-12-6-9(3)13(11(5)14)10(4)7-12/h6-8,11H,14H2,1-5H3. The summed E-state index contributed by atoms with van der Waals surface area (Å²) in [6.07, 6.45) is 0.213. The molecule has 2 heteroatoms. The highest BCUT2D eigenvalue weighted by atomic mass is 16.5. The topological polar surface area (TPSA) is 35.2 Å². The van der Waals surface area contributed by atoms with E-state index in [4.69, 9.17) is 10.5 Å². The predicted octanol–water partition coefficient (Wildman–Crippen LogP) is 3.11. The second-order valence-corrected chi connectivity index (χ2v) is 4.43. The van der Waals surface area contributed by atoms with Gasteiger partial charge in [0.2, 0.25) is 0 Å². The lowest BCUT2D eigenvalue weighted by atomic mass is 9.97. The molecule has 0 spiro atoms. The molecule has 0 aliphatic heterocycles. The number of ether oxygens (including phenoxy) is 1. The number of benzene rings is 1. The summed E-state index contributed by atoms with van der Waals surface area (Å²) in [4.78, 5) is 0. The summed E-state index contributed by atoms with van der Waals surface area (Å²) in [5.41, 5.74) is 9.57. The number of nitrogens with two attached hydrogens (primary N) is 1. The molecular weight excluding hydrogens is 186 g/mol. The molecule has 0 heterocycles. The van der Waals surface area contributed by atoms with Crippen LogP contribution in [-0.4, -0.2) is 6.10 Å². The quantitative estimate of drug-likeness (QED) is 0.826. The minimum absolute atomic E-state index is 0.0816. The van der Waals surface area contributed by atoms with Crippen molar-refractivity contribution in [2.24, 2.45) is 5.73 Å². The van der Waals surface area contributed by atoms with Gasteiger partial charge in [-0.3, -0.25) is 0 Å². The van der Waals surface area contributed by atoms with Crippen molar-refractivity contribution in [3.05, 3.63) is 28.8 Å². The molecule has 1 rings (SSSR count). The van der Waals surface area contributed by atoms with Crippen LogP contribution >= 0.6 is 0 Å². The van der Waals surface area contributed by atoms with Gasteiger partial charge in [-0.2, -0.15) is 0 Å². The molecule has 0 fully saturated rings. The van der Waals surface area contributed by atoms with Gasteiger partial charge >= 0.3 is 0 Å². The number of rotatable bonds is 3. The molecule has 2 N–H and O–H groups in total. The highest BCUT2D eigenvalue weighted by Gasteiger charge is 2.09. The third-order valence-electron chi connectivity index (χ3n) is 2.39. The second kappa shape index (κ2) is 4.67. The third-order valence-corrected chi connectivity index (χ3v) is 2.39. The fraction of sp³-hybridized carbons (Fsp3) is 0.538. The Morgan fingerprint density at radius 2 is 1.53 bits per heavy atom. The monoisotopic (exact) mass is 207 g/mol. The van der Waals surface area contributed by atoms with E-state index in [0.717, 1.165) is 5.75 Å². The Morgan fingerprint density at radius 1 is 1.07 bits per heavy atom. The number of hydrogen-bond acceptors (Lipinski definition) is 2. The fourth-order valence-electron chi connectivity index (χ4n) is 1.99. The van der Waals surface area contributed by atoms with Crippen molar-refractivity contribution in [2.45, 2.75) is 46.8 Å². The second-order valence-electron chi connectivity index (χ2n) is 4.43. The van der Waals surface area contributed by atoms with E-state index < -0.39 is 0 Å². The van der Waals surface area contributed by atoms with Crippen molar-refractivity contribution in [3.63, 3.8) is 0 Å². The molecule has 15 heavy (non-hydrogen) atoms. The molecule has 84 valence electrons. The maximum absolute atomic E-state index is 5.93. The summed E-state index contributed by atoms with van der Waals surface area (Å²) in [6, 6.07) is 4.20. The van der Waals surface area contributed by atoms with Gasteiger partial charge in [0.15, 0.2) is 0 Å². The minimum atomic E-state index is 0.0816. The lowest BCUT2D eigenvalue weighted by Gasteiger charge is -2.17. The highest BCUT2D eigenvalue weighted by Crippen LogP contribution is 2.26. The van der Waals surface area contributed by atoms with Gasteiger partial charge in [-0.1, -0.05) is 0 Å². The molecule has 0 aromatic heterocycles.